The number of carbonyl (C=O) groups excluding carboxylic acids is 2. The van der Waals surface area contributed by atoms with E-state index in [1.54, 1.807) is 30.3 Å². The molecular formula is C29H29ClF3N3O4. The van der Waals surface area contributed by atoms with E-state index in [1.807, 2.05) is 0 Å². The number of nitrogens with zero attached hydrogens (tertiary/aromatic N) is 1. The van der Waals surface area contributed by atoms with Crippen molar-refractivity contribution < 1.29 is 32.2 Å². The Morgan fingerprint density at radius 2 is 1.80 bits per heavy atom. The maximum atomic E-state index is 13.5. The normalized spacial score (nSPS) is 14.0. The number of benzene rings is 2. The summed E-state index contributed by atoms with van der Waals surface area (Å²) in [5.74, 6) is 0.647. The van der Waals surface area contributed by atoms with Gasteiger partial charge in [0.15, 0.2) is 0 Å². The van der Waals surface area contributed by atoms with Crippen molar-refractivity contribution in [3.63, 3.8) is 0 Å². The Bertz CT molecular complexity index is 1340. The van der Waals surface area contributed by atoms with Crippen LogP contribution in [-0.4, -0.2) is 42.9 Å². The molecular weight excluding hydrogens is 547 g/mol. The number of ketones is 1. The number of Topliss-reactive ketones (excluding diaryl/α,β-unsaturated/α-hetero) is 1. The molecule has 1 fully saturated rings. The molecule has 0 atom stereocenters. The SMILES string of the molecule is CNC(=O)c1cc(Oc2ccc(CCC(=O)Cc3cc(C(F)(F)F)c(Cl)cc3OC3CCNCC3)cc2)ccn1. The number of halogens is 4. The van der Waals surface area contributed by atoms with Crippen LogP contribution in [0.15, 0.2) is 54.7 Å². The lowest BCUT2D eigenvalue weighted by molar-refractivity contribution is -0.137. The standard InChI is InChI=1S/C29H29ClF3N3O4/c1-34-28(38)26-16-23(10-13-36-26)39-21-6-3-18(4-7-21)2-5-20(37)14-19-15-24(29(31,32)33)25(30)17-27(19)40-22-8-11-35-12-9-22/h3-4,6-7,10,13,15-17,22,35H,2,5,8-9,11-12,14H2,1H3,(H,34,38). The molecule has 1 aromatic heterocycles. The van der Waals surface area contributed by atoms with Gasteiger partial charge in [-0.2, -0.15) is 13.2 Å². The first-order chi connectivity index (χ1) is 19.1. The second kappa shape index (κ2) is 13.1. The van der Waals surface area contributed by atoms with E-state index in [9.17, 15) is 22.8 Å². The molecule has 2 heterocycles. The van der Waals surface area contributed by atoms with Gasteiger partial charge in [0.25, 0.3) is 5.91 Å². The van der Waals surface area contributed by atoms with E-state index in [2.05, 4.69) is 15.6 Å². The fourth-order valence-corrected chi connectivity index (χ4v) is 4.59. The fourth-order valence-electron chi connectivity index (χ4n) is 4.33. The van der Waals surface area contributed by atoms with Gasteiger partial charge >= 0.3 is 6.18 Å². The van der Waals surface area contributed by atoms with Crippen LogP contribution in [-0.2, 0) is 23.8 Å². The van der Waals surface area contributed by atoms with Crippen LogP contribution in [0.2, 0.25) is 5.02 Å². The number of aromatic nitrogens is 1. The first-order valence-electron chi connectivity index (χ1n) is 12.9. The van der Waals surface area contributed by atoms with Gasteiger partial charge in [-0.3, -0.25) is 14.6 Å². The molecule has 0 spiro atoms. The molecule has 0 bridgehead atoms. The lowest BCUT2D eigenvalue weighted by atomic mass is 9.99. The molecule has 3 aromatic rings. The molecule has 2 N–H and O–H groups in total. The minimum absolute atomic E-state index is 0.136. The number of rotatable bonds is 10. The van der Waals surface area contributed by atoms with E-state index in [-0.39, 0.29) is 47.6 Å². The van der Waals surface area contributed by atoms with Crippen molar-refractivity contribution >= 4 is 23.3 Å². The van der Waals surface area contributed by atoms with Crippen molar-refractivity contribution in [1.29, 1.82) is 0 Å². The maximum Gasteiger partial charge on any atom is 0.417 e. The molecule has 212 valence electrons. The molecule has 7 nitrogen and oxygen atoms in total. The zero-order chi connectivity index (χ0) is 28.7. The monoisotopic (exact) mass is 575 g/mol. The Balaban J connectivity index is 1.39. The number of hydrogen-bond donors (Lipinski definition) is 2. The molecule has 2 aromatic carbocycles. The molecule has 0 unspecified atom stereocenters. The van der Waals surface area contributed by atoms with Gasteiger partial charge in [0.05, 0.1) is 10.6 Å². The topological polar surface area (TPSA) is 89.5 Å². The lowest BCUT2D eigenvalue weighted by Gasteiger charge is -2.25. The van der Waals surface area contributed by atoms with E-state index in [4.69, 9.17) is 21.1 Å². The van der Waals surface area contributed by atoms with Crippen LogP contribution in [0.3, 0.4) is 0 Å². The predicted molar refractivity (Wildman–Crippen MR) is 144 cm³/mol. The Morgan fingerprint density at radius 3 is 2.48 bits per heavy atom. The first kappa shape index (κ1) is 29.4. The highest BCUT2D eigenvalue weighted by molar-refractivity contribution is 6.31. The fraction of sp³-hybridized carbons (Fsp3) is 0.345. The van der Waals surface area contributed by atoms with Crippen LogP contribution in [0, 0.1) is 0 Å². The van der Waals surface area contributed by atoms with E-state index in [0.29, 0.717) is 30.8 Å². The average Bonchev–Trinajstić information content (AvgIpc) is 2.93. The minimum Gasteiger partial charge on any atom is -0.490 e. The third-order valence-corrected chi connectivity index (χ3v) is 6.78. The summed E-state index contributed by atoms with van der Waals surface area (Å²) in [5.41, 5.74) is 0.279. The summed E-state index contributed by atoms with van der Waals surface area (Å²) in [5, 5.41) is 5.26. The van der Waals surface area contributed by atoms with Gasteiger partial charge in [0.1, 0.15) is 34.8 Å². The summed E-state index contributed by atoms with van der Waals surface area (Å²) in [4.78, 5) is 28.6. The molecule has 11 heteroatoms. The quantitative estimate of drug-likeness (QED) is 0.318. The molecule has 1 aliphatic rings. The highest BCUT2D eigenvalue weighted by atomic mass is 35.5. The lowest BCUT2D eigenvalue weighted by Crippen LogP contribution is -2.34. The van der Waals surface area contributed by atoms with Crippen molar-refractivity contribution in [3.05, 3.63) is 82.1 Å². The average molecular weight is 576 g/mol. The van der Waals surface area contributed by atoms with Gasteiger partial charge in [-0.05, 0) is 68.2 Å². The number of aryl methyl sites for hydroxylation is 1. The van der Waals surface area contributed by atoms with Gasteiger partial charge in [-0.15, -0.1) is 0 Å². The predicted octanol–water partition coefficient (Wildman–Crippen LogP) is 5.78. The molecule has 40 heavy (non-hydrogen) atoms. The Morgan fingerprint density at radius 1 is 1.07 bits per heavy atom. The number of pyridine rings is 1. The number of alkyl halides is 3. The smallest absolute Gasteiger partial charge is 0.417 e. The molecule has 1 aliphatic heterocycles. The Hall–Kier alpha value is -3.63. The number of piperidine rings is 1. The Labute approximate surface area is 235 Å². The zero-order valence-electron chi connectivity index (χ0n) is 21.8. The summed E-state index contributed by atoms with van der Waals surface area (Å²) >= 11 is 5.95. The number of amides is 1. The van der Waals surface area contributed by atoms with Crippen LogP contribution < -0.4 is 20.1 Å². The molecule has 0 saturated carbocycles. The van der Waals surface area contributed by atoms with Gasteiger partial charge in [0, 0.05) is 37.7 Å². The summed E-state index contributed by atoms with van der Waals surface area (Å²) in [6, 6.07) is 12.3. The number of nitrogens with one attached hydrogen (secondary N) is 2. The van der Waals surface area contributed by atoms with Crippen LogP contribution in [0.1, 0.15) is 46.4 Å². The van der Waals surface area contributed by atoms with Gasteiger partial charge < -0.3 is 20.1 Å². The summed E-state index contributed by atoms with van der Waals surface area (Å²) in [6.07, 6.45) is -1.57. The third kappa shape index (κ3) is 7.95. The van der Waals surface area contributed by atoms with E-state index >= 15 is 0 Å². The molecule has 0 radical (unpaired) electrons. The number of ether oxygens (including phenoxy) is 2. The second-order valence-electron chi connectivity index (χ2n) is 9.42. The third-order valence-electron chi connectivity index (χ3n) is 6.47. The van der Waals surface area contributed by atoms with Crippen molar-refractivity contribution in [2.75, 3.05) is 20.1 Å². The van der Waals surface area contributed by atoms with E-state index < -0.39 is 16.8 Å². The van der Waals surface area contributed by atoms with Crippen molar-refractivity contribution in [1.82, 2.24) is 15.6 Å². The van der Waals surface area contributed by atoms with E-state index in [0.717, 1.165) is 24.7 Å². The Kier molecular flexibility index (Phi) is 9.65. The van der Waals surface area contributed by atoms with Crippen molar-refractivity contribution in [2.24, 2.45) is 0 Å². The molecule has 1 saturated heterocycles. The van der Waals surface area contributed by atoms with Gasteiger partial charge in [-0.25, -0.2) is 0 Å². The minimum atomic E-state index is -4.65. The van der Waals surface area contributed by atoms with Crippen molar-refractivity contribution in [2.45, 2.75) is 44.4 Å². The van der Waals surface area contributed by atoms with Crippen LogP contribution in [0.5, 0.6) is 17.2 Å². The summed E-state index contributed by atoms with van der Waals surface area (Å²) < 4.78 is 52.3. The van der Waals surface area contributed by atoms with Crippen LogP contribution >= 0.6 is 11.6 Å². The highest BCUT2D eigenvalue weighted by Gasteiger charge is 2.34. The van der Waals surface area contributed by atoms with Crippen LogP contribution in [0.4, 0.5) is 13.2 Å². The first-order valence-corrected chi connectivity index (χ1v) is 13.2. The van der Waals surface area contributed by atoms with Crippen molar-refractivity contribution in [3.8, 4) is 17.2 Å². The molecule has 1 amide bonds. The number of hydrogen-bond acceptors (Lipinski definition) is 6. The van der Waals surface area contributed by atoms with Gasteiger partial charge in [0.2, 0.25) is 0 Å². The summed E-state index contributed by atoms with van der Waals surface area (Å²) in [7, 11) is 1.51. The largest absolute Gasteiger partial charge is 0.490 e. The zero-order valence-corrected chi connectivity index (χ0v) is 22.6. The van der Waals surface area contributed by atoms with Crippen LogP contribution in [0.25, 0.3) is 0 Å². The maximum absolute atomic E-state index is 13.5. The molecule has 4 rings (SSSR count). The number of carbonyl (C=O) groups is 2. The summed E-state index contributed by atoms with van der Waals surface area (Å²) in [6.45, 7) is 1.49. The van der Waals surface area contributed by atoms with Gasteiger partial charge in [-0.1, -0.05) is 23.7 Å². The van der Waals surface area contributed by atoms with E-state index in [1.165, 1.54) is 25.4 Å². The second-order valence-corrected chi connectivity index (χ2v) is 9.83. The molecule has 0 aliphatic carbocycles. The highest BCUT2D eigenvalue weighted by Crippen LogP contribution is 2.39.